The van der Waals surface area contributed by atoms with Crippen LogP contribution in [0.4, 0.5) is 0 Å². The van der Waals surface area contributed by atoms with Gasteiger partial charge >= 0.3 is 35.6 Å². The Kier molecular flexibility index (Phi) is 23.8. The van der Waals surface area contributed by atoms with Gasteiger partial charge in [0.25, 0.3) is 0 Å². The molecule has 0 aliphatic carbocycles. The van der Waals surface area contributed by atoms with Crippen molar-refractivity contribution >= 4 is 0 Å². The minimum atomic E-state index is 0. The Labute approximate surface area is 114 Å². The van der Waals surface area contributed by atoms with Crippen LogP contribution in [0.15, 0.2) is 0 Å². The summed E-state index contributed by atoms with van der Waals surface area (Å²) in [5.41, 5.74) is 0. The summed E-state index contributed by atoms with van der Waals surface area (Å²) in [6.45, 7) is 14.5. The molecule has 0 fully saturated rings. The predicted molar refractivity (Wildman–Crippen MR) is 58.5 cm³/mol. The summed E-state index contributed by atoms with van der Waals surface area (Å²) in [5, 5.41) is 0. The van der Waals surface area contributed by atoms with Crippen LogP contribution in [0.1, 0.15) is 47.5 Å². The van der Waals surface area contributed by atoms with Gasteiger partial charge in [0, 0.05) is 0 Å². The summed E-state index contributed by atoms with van der Waals surface area (Å²) in [5.74, 6) is 1.57. The molecule has 1 atom stereocenters. The zero-order valence-corrected chi connectivity index (χ0v) is 13.6. The van der Waals surface area contributed by atoms with E-state index in [0.29, 0.717) is 0 Å². The molecule has 13 heavy (non-hydrogen) atoms. The molecule has 0 saturated carbocycles. The maximum atomic E-state index is 3.84. The van der Waals surface area contributed by atoms with Crippen LogP contribution in [-0.2, 0) is 0 Å². The van der Waals surface area contributed by atoms with E-state index >= 15 is 0 Å². The first-order valence-corrected chi connectivity index (χ1v) is 4.96. The third-order valence-corrected chi connectivity index (χ3v) is 1.82. The molecule has 0 spiro atoms. The van der Waals surface area contributed by atoms with Gasteiger partial charge in [0.15, 0.2) is 0 Å². The maximum Gasteiger partial charge on any atom is 3.00 e. The van der Waals surface area contributed by atoms with Gasteiger partial charge in [0.05, 0.1) is 0 Å². The summed E-state index contributed by atoms with van der Waals surface area (Å²) in [6, 6.07) is 0. The Morgan fingerprint density at radius 3 is 1.62 bits per heavy atom. The largest absolute Gasteiger partial charge is 3.00 e. The number of hydrogen-bond donors (Lipinski definition) is 0. The van der Waals surface area contributed by atoms with Crippen molar-refractivity contribution in [3.63, 3.8) is 0 Å². The minimum Gasteiger partial charge on any atom is -0.343 e. The van der Waals surface area contributed by atoms with Gasteiger partial charge in [0.1, 0.15) is 0 Å². The van der Waals surface area contributed by atoms with Crippen molar-refractivity contribution in [2.24, 2.45) is 11.8 Å². The van der Waals surface area contributed by atoms with Crippen LogP contribution < -0.4 is 0 Å². The Balaban J connectivity index is -0.000000220. The molecule has 1 heteroatoms. The van der Waals surface area contributed by atoms with Crippen LogP contribution in [0.2, 0.25) is 0 Å². The van der Waals surface area contributed by atoms with Crippen LogP contribution in [0.25, 0.3) is 0 Å². The standard InChI is InChI=1S/C9H18.C3H7.La/c1-5-7-9(6-2)8(3)4;1-3-2;/h6,8-9H,1,5,7H2,2-4H3;3H,1-2H3;/q-2;-1;+3. The second-order valence-corrected chi connectivity index (χ2v) is 3.46. The van der Waals surface area contributed by atoms with E-state index in [1.165, 1.54) is 6.42 Å². The van der Waals surface area contributed by atoms with Gasteiger partial charge in [-0.3, -0.25) is 0 Å². The van der Waals surface area contributed by atoms with Crippen LogP contribution in [-0.4, -0.2) is 0 Å². The van der Waals surface area contributed by atoms with E-state index in [0.717, 1.165) is 18.3 Å². The van der Waals surface area contributed by atoms with Crippen molar-refractivity contribution in [3.05, 3.63) is 19.8 Å². The first-order valence-electron chi connectivity index (χ1n) is 4.96. The Morgan fingerprint density at radius 2 is 1.54 bits per heavy atom. The molecule has 0 aromatic rings. The smallest absolute Gasteiger partial charge is 0.343 e. The SMILES string of the molecule is C[CH-]C.[CH2-]CCC([CH-]C)C(C)C.[La+3]. The van der Waals surface area contributed by atoms with E-state index < -0.39 is 0 Å². The van der Waals surface area contributed by atoms with Gasteiger partial charge in [-0.1, -0.05) is 19.8 Å². The molecule has 0 radical (unpaired) electrons. The maximum absolute atomic E-state index is 3.84. The molecule has 0 aliphatic rings. The van der Waals surface area contributed by atoms with Crippen molar-refractivity contribution < 1.29 is 35.6 Å². The van der Waals surface area contributed by atoms with Crippen LogP contribution in [0.3, 0.4) is 0 Å². The molecule has 0 N–H and O–H groups in total. The number of hydrogen-bond acceptors (Lipinski definition) is 0. The van der Waals surface area contributed by atoms with Crippen LogP contribution in [0.5, 0.6) is 0 Å². The molecule has 0 amide bonds. The number of rotatable bonds is 4. The van der Waals surface area contributed by atoms with E-state index in [1.807, 2.05) is 20.3 Å². The summed E-state index contributed by atoms with van der Waals surface area (Å²) in [7, 11) is 0. The second-order valence-electron chi connectivity index (χ2n) is 3.46. The monoisotopic (exact) mass is 308 g/mol. The summed E-state index contributed by atoms with van der Waals surface area (Å²) in [6.07, 6.45) is 6.59. The summed E-state index contributed by atoms with van der Waals surface area (Å²) in [4.78, 5) is 0. The molecule has 0 bridgehead atoms. The molecule has 0 aliphatic heterocycles. The fourth-order valence-electron chi connectivity index (χ4n) is 1.12. The molecule has 0 aromatic carbocycles. The molecular weight excluding hydrogens is 283 g/mol. The van der Waals surface area contributed by atoms with Crippen LogP contribution >= 0.6 is 0 Å². The first-order chi connectivity index (χ1) is 5.63. The third-order valence-electron chi connectivity index (χ3n) is 1.82. The molecule has 0 aromatic heterocycles. The zero-order chi connectivity index (χ0) is 9.98. The van der Waals surface area contributed by atoms with Crippen molar-refractivity contribution in [2.75, 3.05) is 0 Å². The van der Waals surface area contributed by atoms with E-state index in [9.17, 15) is 0 Å². The van der Waals surface area contributed by atoms with Gasteiger partial charge in [-0.15, -0.1) is 6.42 Å². The average molecular weight is 308 g/mol. The molecule has 0 saturated heterocycles. The van der Waals surface area contributed by atoms with Gasteiger partial charge in [-0.25, -0.2) is 0 Å². The van der Waals surface area contributed by atoms with E-state index in [2.05, 4.69) is 34.1 Å². The molecule has 1 unspecified atom stereocenters. The summed E-state index contributed by atoms with van der Waals surface area (Å²) < 4.78 is 0. The second kappa shape index (κ2) is 15.7. The minimum absolute atomic E-state index is 0. The van der Waals surface area contributed by atoms with Crippen molar-refractivity contribution in [1.29, 1.82) is 0 Å². The van der Waals surface area contributed by atoms with E-state index in [-0.39, 0.29) is 35.6 Å². The quantitative estimate of drug-likeness (QED) is 0.678. The van der Waals surface area contributed by atoms with Gasteiger partial charge < -0.3 is 19.8 Å². The molecule has 0 nitrogen and oxygen atoms in total. The Hall–Kier alpha value is 1.19. The summed E-state index contributed by atoms with van der Waals surface area (Å²) >= 11 is 0. The van der Waals surface area contributed by atoms with E-state index in [4.69, 9.17) is 0 Å². The third kappa shape index (κ3) is 15.9. The predicted octanol–water partition coefficient (Wildman–Crippen LogP) is 4.33. The molecule has 0 rings (SSSR count). The fraction of sp³-hybridized carbons (Fsp3) is 0.750. The van der Waals surface area contributed by atoms with Gasteiger partial charge in [-0.05, 0) is 0 Å². The molecule has 76 valence electrons. The van der Waals surface area contributed by atoms with Crippen molar-refractivity contribution in [2.45, 2.75) is 47.5 Å². The average Bonchev–Trinajstić information content (AvgIpc) is 2.01. The van der Waals surface area contributed by atoms with Gasteiger partial charge in [0.2, 0.25) is 0 Å². The van der Waals surface area contributed by atoms with Crippen LogP contribution in [0, 0.1) is 67.2 Å². The topological polar surface area (TPSA) is 0 Å². The zero-order valence-electron chi connectivity index (χ0n) is 10.0. The fourth-order valence-corrected chi connectivity index (χ4v) is 1.12. The molecule has 0 heterocycles. The Morgan fingerprint density at radius 1 is 1.15 bits per heavy atom. The van der Waals surface area contributed by atoms with Crippen molar-refractivity contribution in [3.8, 4) is 0 Å². The molecular formula is C12H25La. The Bertz CT molecular complexity index is 69.5. The van der Waals surface area contributed by atoms with Gasteiger partial charge in [-0.2, -0.15) is 33.1 Å². The normalized spacial score (nSPS) is 11.3. The van der Waals surface area contributed by atoms with Crippen molar-refractivity contribution in [1.82, 2.24) is 0 Å². The first kappa shape index (κ1) is 19.7. The van der Waals surface area contributed by atoms with E-state index in [1.54, 1.807) is 0 Å².